The molecule has 2 aromatic carbocycles. The summed E-state index contributed by atoms with van der Waals surface area (Å²) in [4.78, 5) is 12.4. The van der Waals surface area contributed by atoms with Crippen LogP contribution in [0.25, 0.3) is 0 Å². The lowest BCUT2D eigenvalue weighted by molar-refractivity contribution is -0.225. The number of ether oxygens (including phenoxy) is 3. The maximum absolute atomic E-state index is 14.9. The van der Waals surface area contributed by atoms with Gasteiger partial charge in [0.15, 0.2) is 17.5 Å². The number of rotatable bonds is 9. The highest BCUT2D eigenvalue weighted by molar-refractivity contribution is 5.88. The summed E-state index contributed by atoms with van der Waals surface area (Å²) >= 11 is 0. The first-order valence-corrected chi connectivity index (χ1v) is 13.4. The van der Waals surface area contributed by atoms with Crippen molar-refractivity contribution in [2.45, 2.75) is 76.6 Å². The van der Waals surface area contributed by atoms with Gasteiger partial charge in [0.1, 0.15) is 34.8 Å². The number of allylic oxidation sites excluding steroid dienone is 1. The molecule has 0 amide bonds. The van der Waals surface area contributed by atoms with E-state index in [1.807, 2.05) is 6.08 Å². The number of hydrogen-bond acceptors (Lipinski definition) is 4. The number of esters is 1. The van der Waals surface area contributed by atoms with Crippen LogP contribution in [0, 0.1) is 40.9 Å². The number of halogens is 9. The summed E-state index contributed by atoms with van der Waals surface area (Å²) in [7, 11) is 0. The van der Waals surface area contributed by atoms with Gasteiger partial charge < -0.3 is 14.2 Å². The second-order valence-electron chi connectivity index (χ2n) is 10.4. The maximum atomic E-state index is 14.9. The van der Waals surface area contributed by atoms with Crippen molar-refractivity contribution in [1.82, 2.24) is 0 Å². The lowest BCUT2D eigenvalue weighted by Gasteiger charge is -2.33. The standard InChI is InChI=1S/C29H27F9O4/c1-2-15-3-5-16(6-4-15)27(39)40-18-9-7-17(8-10-18)28(35,36)41-19-11-21(30)25(22(31)12-19)29(37,38)42-20-13-23(32)26(34)24(33)14-20/h5,11-15,17-18H,2-4,6-10H2,1H3. The van der Waals surface area contributed by atoms with E-state index in [-0.39, 0.29) is 49.9 Å². The molecule has 0 saturated heterocycles. The van der Waals surface area contributed by atoms with E-state index in [0.717, 1.165) is 19.3 Å². The van der Waals surface area contributed by atoms with Crippen LogP contribution in [0.5, 0.6) is 11.5 Å². The highest BCUT2D eigenvalue weighted by atomic mass is 19.3. The zero-order valence-corrected chi connectivity index (χ0v) is 22.3. The second-order valence-corrected chi connectivity index (χ2v) is 10.4. The van der Waals surface area contributed by atoms with Gasteiger partial charge in [-0.05, 0) is 50.9 Å². The minimum Gasteiger partial charge on any atom is -0.459 e. The van der Waals surface area contributed by atoms with E-state index in [1.165, 1.54) is 0 Å². The smallest absolute Gasteiger partial charge is 0.432 e. The molecule has 0 spiro atoms. The van der Waals surface area contributed by atoms with Crippen molar-refractivity contribution in [2.75, 3.05) is 0 Å². The third kappa shape index (κ3) is 7.15. The summed E-state index contributed by atoms with van der Waals surface area (Å²) in [6.07, 6.45) is -4.46. The van der Waals surface area contributed by atoms with E-state index < -0.39 is 76.4 Å². The lowest BCUT2D eigenvalue weighted by Crippen LogP contribution is -2.39. The number of carbonyl (C=O) groups is 1. The molecule has 1 unspecified atom stereocenters. The van der Waals surface area contributed by atoms with Crippen LogP contribution < -0.4 is 9.47 Å². The van der Waals surface area contributed by atoms with Gasteiger partial charge in [0.25, 0.3) is 0 Å². The first kappa shape index (κ1) is 31.6. The predicted octanol–water partition coefficient (Wildman–Crippen LogP) is 8.72. The Labute approximate surface area is 235 Å². The van der Waals surface area contributed by atoms with E-state index >= 15 is 0 Å². The molecule has 13 heteroatoms. The largest absolute Gasteiger partial charge is 0.459 e. The Morgan fingerprint density at radius 3 is 1.88 bits per heavy atom. The predicted molar refractivity (Wildman–Crippen MR) is 130 cm³/mol. The van der Waals surface area contributed by atoms with Crippen molar-refractivity contribution >= 4 is 5.97 Å². The van der Waals surface area contributed by atoms with Gasteiger partial charge in [0, 0.05) is 29.8 Å². The average molecular weight is 611 g/mol. The highest BCUT2D eigenvalue weighted by Gasteiger charge is 2.46. The Balaban J connectivity index is 1.37. The van der Waals surface area contributed by atoms with Crippen molar-refractivity contribution in [1.29, 1.82) is 0 Å². The number of hydrogen-bond donors (Lipinski definition) is 0. The molecule has 2 aliphatic carbocycles. The van der Waals surface area contributed by atoms with Crippen molar-refractivity contribution < 1.29 is 58.5 Å². The molecule has 2 aromatic rings. The number of benzene rings is 2. The Morgan fingerprint density at radius 1 is 0.810 bits per heavy atom. The molecule has 0 radical (unpaired) electrons. The third-order valence-electron chi connectivity index (χ3n) is 7.55. The van der Waals surface area contributed by atoms with Gasteiger partial charge in [-0.2, -0.15) is 17.6 Å². The van der Waals surface area contributed by atoms with E-state index in [2.05, 4.69) is 16.4 Å². The SMILES string of the molecule is CCC1CC=C(C(=O)OC2CCC(C(F)(F)Oc3cc(F)c(C(F)(F)Oc4cc(F)c(F)c(F)c4)c(F)c3)CC2)CC1. The highest BCUT2D eigenvalue weighted by Crippen LogP contribution is 2.42. The molecule has 4 nitrogen and oxygen atoms in total. The summed E-state index contributed by atoms with van der Waals surface area (Å²) in [6, 6.07) is 0.239. The molecule has 0 aromatic heterocycles. The maximum Gasteiger partial charge on any atom is 0.432 e. The Hall–Kier alpha value is -3.38. The fraction of sp³-hybridized carbons (Fsp3) is 0.483. The van der Waals surface area contributed by atoms with Crippen LogP contribution in [0.15, 0.2) is 35.9 Å². The van der Waals surface area contributed by atoms with Gasteiger partial charge in [0.2, 0.25) is 0 Å². The average Bonchev–Trinajstić information content (AvgIpc) is 2.91. The first-order chi connectivity index (χ1) is 19.7. The van der Waals surface area contributed by atoms with Crippen LogP contribution in [0.4, 0.5) is 39.5 Å². The minimum absolute atomic E-state index is 0.0324. The van der Waals surface area contributed by atoms with E-state index in [9.17, 15) is 44.3 Å². The third-order valence-corrected chi connectivity index (χ3v) is 7.55. The van der Waals surface area contributed by atoms with E-state index in [1.54, 1.807) is 0 Å². The molecular formula is C29H27F9O4. The van der Waals surface area contributed by atoms with Crippen molar-refractivity contribution in [2.24, 2.45) is 11.8 Å². The van der Waals surface area contributed by atoms with E-state index in [0.29, 0.717) is 17.9 Å². The quantitative estimate of drug-likeness (QED) is 0.162. The fourth-order valence-corrected chi connectivity index (χ4v) is 5.11. The van der Waals surface area contributed by atoms with Gasteiger partial charge in [-0.25, -0.2) is 26.7 Å². The lowest BCUT2D eigenvalue weighted by atomic mass is 9.86. The van der Waals surface area contributed by atoms with Gasteiger partial charge >= 0.3 is 18.2 Å². The Bertz CT molecular complexity index is 1290. The van der Waals surface area contributed by atoms with Gasteiger partial charge in [0.05, 0.1) is 5.92 Å². The van der Waals surface area contributed by atoms with Crippen LogP contribution in [-0.4, -0.2) is 18.2 Å². The second kappa shape index (κ2) is 12.5. The molecule has 230 valence electrons. The van der Waals surface area contributed by atoms with Gasteiger partial charge in [-0.3, -0.25) is 0 Å². The molecule has 42 heavy (non-hydrogen) atoms. The van der Waals surface area contributed by atoms with E-state index in [4.69, 9.17) is 4.74 Å². The number of alkyl halides is 4. The van der Waals surface area contributed by atoms with Crippen molar-refractivity contribution in [3.05, 3.63) is 70.6 Å². The van der Waals surface area contributed by atoms with Gasteiger partial charge in [-0.1, -0.05) is 19.4 Å². The molecular weight excluding hydrogens is 583 g/mol. The fourth-order valence-electron chi connectivity index (χ4n) is 5.11. The van der Waals surface area contributed by atoms with Crippen LogP contribution in [-0.2, 0) is 15.6 Å². The Kier molecular flexibility index (Phi) is 9.36. The van der Waals surface area contributed by atoms with Crippen molar-refractivity contribution in [3.8, 4) is 11.5 Å². The topological polar surface area (TPSA) is 44.8 Å². The van der Waals surface area contributed by atoms with Crippen LogP contribution in [0.2, 0.25) is 0 Å². The zero-order valence-electron chi connectivity index (χ0n) is 22.3. The van der Waals surface area contributed by atoms with Gasteiger partial charge in [-0.15, -0.1) is 0 Å². The van der Waals surface area contributed by atoms with Crippen LogP contribution in [0.3, 0.4) is 0 Å². The normalized spacial score (nSPS) is 21.5. The molecule has 0 heterocycles. The van der Waals surface area contributed by atoms with Crippen LogP contribution in [0.1, 0.15) is 63.9 Å². The monoisotopic (exact) mass is 610 g/mol. The Morgan fingerprint density at radius 2 is 1.36 bits per heavy atom. The molecule has 0 bridgehead atoms. The molecule has 0 N–H and O–H groups in total. The molecule has 1 fully saturated rings. The summed E-state index contributed by atoms with van der Waals surface area (Å²) in [5.74, 6) is -13.7. The summed E-state index contributed by atoms with van der Waals surface area (Å²) < 4.78 is 142. The number of carbonyl (C=O) groups excluding carboxylic acids is 1. The zero-order chi connectivity index (χ0) is 30.8. The molecule has 0 aliphatic heterocycles. The molecule has 4 rings (SSSR count). The summed E-state index contributed by atoms with van der Waals surface area (Å²) in [5.41, 5.74) is -1.49. The minimum atomic E-state index is -4.88. The first-order valence-electron chi connectivity index (χ1n) is 13.4. The summed E-state index contributed by atoms with van der Waals surface area (Å²) in [5, 5.41) is 0. The van der Waals surface area contributed by atoms with Crippen LogP contribution >= 0.6 is 0 Å². The molecule has 1 saturated carbocycles. The molecule has 1 atom stereocenters. The summed E-state index contributed by atoms with van der Waals surface area (Å²) in [6.45, 7) is 2.07. The molecule has 2 aliphatic rings. The van der Waals surface area contributed by atoms with Crippen molar-refractivity contribution in [3.63, 3.8) is 0 Å².